The Bertz CT molecular complexity index is 891. The molecule has 0 aliphatic carbocycles. The van der Waals surface area contributed by atoms with Crippen molar-refractivity contribution in [3.63, 3.8) is 0 Å². The van der Waals surface area contributed by atoms with Crippen molar-refractivity contribution < 1.29 is 14.3 Å². The van der Waals surface area contributed by atoms with Crippen LogP contribution >= 0.6 is 0 Å². The minimum absolute atomic E-state index is 0.189. The Balaban J connectivity index is 1.38. The summed E-state index contributed by atoms with van der Waals surface area (Å²) in [5.74, 6) is 1.07. The highest BCUT2D eigenvalue weighted by molar-refractivity contribution is 5.82. The van der Waals surface area contributed by atoms with E-state index in [4.69, 9.17) is 9.47 Å². The third-order valence-corrected chi connectivity index (χ3v) is 4.31. The van der Waals surface area contributed by atoms with Crippen LogP contribution in [0.15, 0.2) is 67.3 Å². The van der Waals surface area contributed by atoms with Gasteiger partial charge < -0.3 is 19.4 Å². The molecule has 3 aromatic rings. The van der Waals surface area contributed by atoms with Gasteiger partial charge in [0.1, 0.15) is 6.10 Å². The lowest BCUT2D eigenvalue weighted by Crippen LogP contribution is -2.48. The van der Waals surface area contributed by atoms with Gasteiger partial charge in [-0.3, -0.25) is 4.79 Å². The number of nitrogens with zero attached hydrogens (tertiary/aromatic N) is 2. The lowest BCUT2D eigenvalue weighted by molar-refractivity contribution is -0.133. The molecule has 0 bridgehead atoms. The molecule has 1 amide bonds. The Morgan fingerprint density at radius 1 is 1.12 bits per heavy atom. The minimum Gasteiger partial charge on any atom is -0.482 e. The molecule has 2 atom stereocenters. The van der Waals surface area contributed by atoms with Crippen molar-refractivity contribution in [3.8, 4) is 17.2 Å². The number of ether oxygens (including phenoxy) is 2. The minimum atomic E-state index is -0.671. The molecule has 0 saturated carbocycles. The number of carbonyl (C=O) groups is 1. The van der Waals surface area contributed by atoms with Crippen LogP contribution in [0.25, 0.3) is 5.69 Å². The molecule has 4 rings (SSSR count). The number of para-hydroxylation sites is 2. The fourth-order valence-corrected chi connectivity index (χ4v) is 2.89. The first kappa shape index (κ1) is 16.2. The molecule has 6 nitrogen and oxygen atoms in total. The van der Waals surface area contributed by atoms with Crippen LogP contribution in [0.5, 0.6) is 11.5 Å². The predicted molar refractivity (Wildman–Crippen MR) is 96.4 cm³/mol. The van der Waals surface area contributed by atoms with E-state index in [-0.39, 0.29) is 12.0 Å². The SMILES string of the molecule is CC1Oc2ccccc2OC1C(=O)NCc1ccc(-n2ccnc2)cc1. The zero-order valence-corrected chi connectivity index (χ0v) is 14.3. The summed E-state index contributed by atoms with van der Waals surface area (Å²) < 4.78 is 13.5. The van der Waals surface area contributed by atoms with Gasteiger partial charge in [0, 0.05) is 24.6 Å². The summed E-state index contributed by atoms with van der Waals surface area (Å²) in [7, 11) is 0. The zero-order chi connectivity index (χ0) is 17.9. The van der Waals surface area contributed by atoms with Gasteiger partial charge in [0.25, 0.3) is 5.91 Å². The van der Waals surface area contributed by atoms with Crippen LogP contribution in [0.4, 0.5) is 0 Å². The molecule has 2 aromatic carbocycles. The van der Waals surface area contributed by atoms with Gasteiger partial charge in [-0.25, -0.2) is 4.98 Å². The van der Waals surface area contributed by atoms with Gasteiger partial charge in [0.2, 0.25) is 6.10 Å². The first-order valence-corrected chi connectivity index (χ1v) is 8.48. The lowest BCUT2D eigenvalue weighted by Gasteiger charge is -2.31. The van der Waals surface area contributed by atoms with Crippen molar-refractivity contribution in [3.05, 3.63) is 72.8 Å². The molecule has 0 radical (unpaired) electrons. The number of hydrogen-bond donors (Lipinski definition) is 1. The first-order valence-electron chi connectivity index (χ1n) is 8.48. The van der Waals surface area contributed by atoms with E-state index in [1.165, 1.54) is 0 Å². The number of benzene rings is 2. The number of carbonyl (C=O) groups excluding carboxylic acids is 1. The third-order valence-electron chi connectivity index (χ3n) is 4.31. The topological polar surface area (TPSA) is 65.4 Å². The highest BCUT2D eigenvalue weighted by atomic mass is 16.6. The monoisotopic (exact) mass is 349 g/mol. The second-order valence-electron chi connectivity index (χ2n) is 6.16. The molecule has 132 valence electrons. The molecule has 26 heavy (non-hydrogen) atoms. The first-order chi connectivity index (χ1) is 12.7. The number of amides is 1. The van der Waals surface area contributed by atoms with Crippen molar-refractivity contribution in [2.24, 2.45) is 0 Å². The van der Waals surface area contributed by atoms with Crippen LogP contribution in [0.3, 0.4) is 0 Å². The predicted octanol–water partition coefficient (Wildman–Crippen LogP) is 2.72. The van der Waals surface area contributed by atoms with Crippen LogP contribution in [-0.4, -0.2) is 27.7 Å². The largest absolute Gasteiger partial charge is 0.482 e. The van der Waals surface area contributed by atoms with Crippen molar-refractivity contribution in [1.29, 1.82) is 0 Å². The average molecular weight is 349 g/mol. The van der Waals surface area contributed by atoms with Gasteiger partial charge in [-0.15, -0.1) is 0 Å². The molecule has 2 heterocycles. The molecule has 0 saturated heterocycles. The molecule has 1 N–H and O–H groups in total. The maximum absolute atomic E-state index is 12.5. The van der Waals surface area contributed by atoms with Gasteiger partial charge in [-0.2, -0.15) is 0 Å². The summed E-state index contributed by atoms with van der Waals surface area (Å²) in [4.78, 5) is 16.6. The average Bonchev–Trinajstić information content (AvgIpc) is 3.21. The fraction of sp³-hybridized carbons (Fsp3) is 0.200. The Kier molecular flexibility index (Phi) is 4.31. The summed E-state index contributed by atoms with van der Waals surface area (Å²) in [5, 5.41) is 2.92. The summed E-state index contributed by atoms with van der Waals surface area (Å²) in [6.07, 6.45) is 4.34. The molecular weight excluding hydrogens is 330 g/mol. The second kappa shape index (κ2) is 6.92. The number of aromatic nitrogens is 2. The highest BCUT2D eigenvalue weighted by Gasteiger charge is 2.33. The Hall–Kier alpha value is -3.28. The molecule has 6 heteroatoms. The van der Waals surface area contributed by atoms with Gasteiger partial charge >= 0.3 is 0 Å². The summed E-state index contributed by atoms with van der Waals surface area (Å²) in [6.45, 7) is 2.26. The molecular formula is C20H19N3O3. The van der Waals surface area contributed by atoms with Crippen LogP contribution in [0, 0.1) is 0 Å². The summed E-state index contributed by atoms with van der Waals surface area (Å²) in [6, 6.07) is 15.3. The van der Waals surface area contributed by atoms with Crippen LogP contribution in [-0.2, 0) is 11.3 Å². The van der Waals surface area contributed by atoms with E-state index in [9.17, 15) is 4.79 Å². The quantitative estimate of drug-likeness (QED) is 0.787. The smallest absolute Gasteiger partial charge is 0.265 e. The lowest BCUT2D eigenvalue weighted by atomic mass is 10.1. The van der Waals surface area contributed by atoms with Crippen molar-refractivity contribution in [2.75, 3.05) is 0 Å². The Morgan fingerprint density at radius 3 is 2.54 bits per heavy atom. The van der Waals surface area contributed by atoms with Crippen LogP contribution in [0.2, 0.25) is 0 Å². The molecule has 1 aliphatic heterocycles. The second-order valence-corrected chi connectivity index (χ2v) is 6.16. The van der Waals surface area contributed by atoms with Gasteiger partial charge in [0.15, 0.2) is 11.5 Å². The molecule has 0 fully saturated rings. The number of hydrogen-bond acceptors (Lipinski definition) is 4. The van der Waals surface area contributed by atoms with E-state index in [2.05, 4.69) is 10.3 Å². The van der Waals surface area contributed by atoms with Crippen molar-refractivity contribution in [2.45, 2.75) is 25.7 Å². The van der Waals surface area contributed by atoms with Crippen LogP contribution in [0.1, 0.15) is 12.5 Å². The molecule has 1 aromatic heterocycles. The maximum atomic E-state index is 12.5. The van der Waals surface area contributed by atoms with Gasteiger partial charge in [-0.05, 0) is 36.8 Å². The molecule has 1 aliphatic rings. The van der Waals surface area contributed by atoms with E-state index >= 15 is 0 Å². The normalized spacial score (nSPS) is 18.3. The van der Waals surface area contributed by atoms with E-state index in [1.807, 2.05) is 60.2 Å². The standard InChI is InChI=1S/C20H19N3O3/c1-14-19(26-18-5-3-2-4-17(18)25-14)20(24)22-12-15-6-8-16(9-7-15)23-11-10-21-13-23/h2-11,13-14,19H,12H2,1H3,(H,22,24). The number of fused-ring (bicyclic) bond motifs is 1. The third kappa shape index (κ3) is 3.26. The van der Waals surface area contributed by atoms with E-state index in [0.717, 1.165) is 11.3 Å². The number of imidazole rings is 1. The van der Waals surface area contributed by atoms with Gasteiger partial charge in [0.05, 0.1) is 6.33 Å². The van der Waals surface area contributed by atoms with E-state index in [0.29, 0.717) is 18.0 Å². The Labute approximate surface area is 151 Å². The molecule has 2 unspecified atom stereocenters. The van der Waals surface area contributed by atoms with Gasteiger partial charge in [-0.1, -0.05) is 24.3 Å². The molecule has 0 spiro atoms. The maximum Gasteiger partial charge on any atom is 0.265 e. The van der Waals surface area contributed by atoms with Crippen molar-refractivity contribution >= 4 is 5.91 Å². The summed E-state index contributed by atoms with van der Waals surface area (Å²) >= 11 is 0. The Morgan fingerprint density at radius 2 is 1.85 bits per heavy atom. The van der Waals surface area contributed by atoms with Crippen LogP contribution < -0.4 is 14.8 Å². The van der Waals surface area contributed by atoms with Crippen molar-refractivity contribution in [1.82, 2.24) is 14.9 Å². The number of nitrogens with one attached hydrogen (secondary N) is 1. The van der Waals surface area contributed by atoms with E-state index < -0.39 is 6.10 Å². The zero-order valence-electron chi connectivity index (χ0n) is 14.3. The van der Waals surface area contributed by atoms with E-state index in [1.54, 1.807) is 18.6 Å². The summed E-state index contributed by atoms with van der Waals surface area (Å²) in [5.41, 5.74) is 2.03. The highest BCUT2D eigenvalue weighted by Crippen LogP contribution is 2.33. The fourth-order valence-electron chi connectivity index (χ4n) is 2.89. The number of rotatable bonds is 4.